The molecule has 1 aromatic carbocycles. The van der Waals surface area contributed by atoms with Crippen molar-refractivity contribution in [1.29, 1.82) is 0 Å². The van der Waals surface area contributed by atoms with Gasteiger partial charge in [-0.05, 0) is 18.2 Å². The fourth-order valence-electron chi connectivity index (χ4n) is 0.944. The number of carboxylic acids is 2. The number of hydrogen-bond donors (Lipinski definition) is 2. The summed E-state index contributed by atoms with van der Waals surface area (Å²) in [6, 6.07) is 6.65. The van der Waals surface area contributed by atoms with Crippen LogP contribution in [0, 0.1) is 0 Å². The van der Waals surface area contributed by atoms with Gasteiger partial charge in [-0.2, -0.15) is 0 Å². The molecule has 0 saturated carbocycles. The Kier molecular flexibility index (Phi) is 4.65. The van der Waals surface area contributed by atoms with Crippen LogP contribution in [0.4, 0.5) is 0 Å². The smallest absolute Gasteiger partial charge is 0.341 e. The maximum atomic E-state index is 10.3. The van der Waals surface area contributed by atoms with Crippen LogP contribution in [0.15, 0.2) is 29.2 Å². The van der Waals surface area contributed by atoms with Gasteiger partial charge in [0.1, 0.15) is 5.75 Å². The summed E-state index contributed by atoms with van der Waals surface area (Å²) in [6.45, 7) is -0.410. The Hall–Kier alpha value is -1.69. The topological polar surface area (TPSA) is 83.8 Å². The van der Waals surface area contributed by atoms with Gasteiger partial charge in [-0.15, -0.1) is 11.8 Å². The molecule has 16 heavy (non-hydrogen) atoms. The van der Waals surface area contributed by atoms with Gasteiger partial charge in [-0.25, -0.2) is 4.79 Å². The number of carboxylic acid groups (broad SMARTS) is 2. The normalized spacial score (nSPS) is 9.75. The van der Waals surface area contributed by atoms with Gasteiger partial charge in [-0.3, -0.25) is 4.79 Å². The Morgan fingerprint density at radius 3 is 2.62 bits per heavy atom. The van der Waals surface area contributed by atoms with Gasteiger partial charge < -0.3 is 14.9 Å². The van der Waals surface area contributed by atoms with Crippen molar-refractivity contribution in [2.24, 2.45) is 0 Å². The van der Waals surface area contributed by atoms with Crippen molar-refractivity contribution >= 4 is 23.7 Å². The first-order valence-electron chi connectivity index (χ1n) is 4.37. The maximum absolute atomic E-state index is 10.3. The van der Waals surface area contributed by atoms with Gasteiger partial charge >= 0.3 is 11.9 Å². The lowest BCUT2D eigenvalue weighted by Crippen LogP contribution is -2.09. The molecule has 0 heterocycles. The minimum atomic E-state index is -1.05. The fourth-order valence-corrected chi connectivity index (χ4v) is 1.61. The second-order valence-corrected chi connectivity index (χ2v) is 3.89. The van der Waals surface area contributed by atoms with Crippen LogP contribution in [0.3, 0.4) is 0 Å². The van der Waals surface area contributed by atoms with Gasteiger partial charge in [0.25, 0.3) is 0 Å². The summed E-state index contributed by atoms with van der Waals surface area (Å²) in [5.74, 6) is -1.58. The molecule has 0 spiro atoms. The quantitative estimate of drug-likeness (QED) is 0.732. The minimum Gasteiger partial charge on any atom is -0.482 e. The summed E-state index contributed by atoms with van der Waals surface area (Å²) in [5.41, 5.74) is 0. The zero-order valence-corrected chi connectivity index (χ0v) is 9.07. The van der Waals surface area contributed by atoms with Crippen LogP contribution in [0.1, 0.15) is 0 Å². The van der Waals surface area contributed by atoms with Crippen molar-refractivity contribution in [3.05, 3.63) is 24.3 Å². The monoisotopic (exact) mass is 242 g/mol. The van der Waals surface area contributed by atoms with Gasteiger partial charge in [0, 0.05) is 4.90 Å². The number of ether oxygens (including phenoxy) is 1. The molecule has 1 rings (SSSR count). The second kappa shape index (κ2) is 6.02. The Labute approximate surface area is 96.0 Å². The molecule has 6 heteroatoms. The molecule has 0 aliphatic heterocycles. The van der Waals surface area contributed by atoms with E-state index in [1.54, 1.807) is 24.3 Å². The fraction of sp³-hybridized carbons (Fsp3) is 0.200. The summed E-state index contributed by atoms with van der Waals surface area (Å²) >= 11 is 1.15. The lowest BCUT2D eigenvalue weighted by Gasteiger charge is -2.04. The minimum absolute atomic E-state index is 0.0393. The molecule has 0 fully saturated rings. The van der Waals surface area contributed by atoms with E-state index in [1.807, 2.05) is 0 Å². The summed E-state index contributed by atoms with van der Waals surface area (Å²) < 4.78 is 4.95. The van der Waals surface area contributed by atoms with E-state index < -0.39 is 18.5 Å². The molecule has 1 aromatic rings. The summed E-state index contributed by atoms with van der Waals surface area (Å²) in [6.07, 6.45) is 0. The first-order chi connectivity index (χ1) is 7.58. The van der Waals surface area contributed by atoms with Gasteiger partial charge in [0.2, 0.25) is 0 Å². The zero-order chi connectivity index (χ0) is 12.0. The molecule has 0 aromatic heterocycles. The molecule has 0 atom stereocenters. The van der Waals surface area contributed by atoms with E-state index in [2.05, 4.69) is 0 Å². The largest absolute Gasteiger partial charge is 0.482 e. The Balaban J connectivity index is 2.56. The van der Waals surface area contributed by atoms with Crippen LogP contribution in [0.2, 0.25) is 0 Å². The van der Waals surface area contributed by atoms with E-state index in [0.717, 1.165) is 16.7 Å². The lowest BCUT2D eigenvalue weighted by molar-refractivity contribution is -0.139. The van der Waals surface area contributed by atoms with Crippen molar-refractivity contribution in [2.75, 3.05) is 12.4 Å². The Morgan fingerprint density at radius 1 is 1.25 bits per heavy atom. The summed E-state index contributed by atoms with van der Waals surface area (Å²) in [7, 11) is 0. The number of rotatable bonds is 6. The van der Waals surface area contributed by atoms with Crippen LogP contribution in [-0.4, -0.2) is 34.5 Å². The Bertz CT molecular complexity index is 357. The third-order valence-corrected chi connectivity index (χ3v) is 2.51. The highest BCUT2D eigenvalue weighted by Crippen LogP contribution is 2.22. The van der Waals surface area contributed by atoms with Crippen molar-refractivity contribution in [3.8, 4) is 5.75 Å². The standard InChI is InChI=1S/C10H10O5S/c11-9(12)5-15-7-2-1-3-8(4-7)16-6-10(13)14/h1-4H,5-6H2,(H,11,12)(H,13,14). The molecule has 0 amide bonds. The molecule has 0 radical (unpaired) electrons. The van der Waals surface area contributed by atoms with E-state index in [4.69, 9.17) is 14.9 Å². The van der Waals surface area contributed by atoms with Crippen LogP contribution in [-0.2, 0) is 9.59 Å². The molecule has 0 bridgehead atoms. The van der Waals surface area contributed by atoms with E-state index in [9.17, 15) is 9.59 Å². The number of benzene rings is 1. The molecule has 5 nitrogen and oxygen atoms in total. The number of aliphatic carboxylic acids is 2. The van der Waals surface area contributed by atoms with E-state index >= 15 is 0 Å². The third kappa shape index (κ3) is 4.70. The molecular formula is C10H10O5S. The van der Waals surface area contributed by atoms with Gasteiger partial charge in [0.05, 0.1) is 5.75 Å². The molecule has 0 saturated heterocycles. The van der Waals surface area contributed by atoms with E-state index in [-0.39, 0.29) is 5.75 Å². The predicted octanol–water partition coefficient (Wildman–Crippen LogP) is 1.33. The van der Waals surface area contributed by atoms with E-state index in [0.29, 0.717) is 5.75 Å². The highest BCUT2D eigenvalue weighted by atomic mass is 32.2. The highest BCUT2D eigenvalue weighted by Gasteiger charge is 2.03. The average molecular weight is 242 g/mol. The molecule has 2 N–H and O–H groups in total. The molecular weight excluding hydrogens is 232 g/mol. The van der Waals surface area contributed by atoms with Crippen molar-refractivity contribution in [2.45, 2.75) is 4.90 Å². The first-order valence-corrected chi connectivity index (χ1v) is 5.36. The van der Waals surface area contributed by atoms with E-state index in [1.165, 1.54) is 0 Å². The zero-order valence-electron chi connectivity index (χ0n) is 8.25. The van der Waals surface area contributed by atoms with Crippen molar-refractivity contribution < 1.29 is 24.5 Å². The maximum Gasteiger partial charge on any atom is 0.341 e. The average Bonchev–Trinajstić information content (AvgIpc) is 2.24. The van der Waals surface area contributed by atoms with Crippen LogP contribution >= 0.6 is 11.8 Å². The lowest BCUT2D eigenvalue weighted by atomic mass is 10.3. The van der Waals surface area contributed by atoms with Crippen molar-refractivity contribution in [1.82, 2.24) is 0 Å². The van der Waals surface area contributed by atoms with Gasteiger partial charge in [0.15, 0.2) is 6.61 Å². The number of hydrogen-bond acceptors (Lipinski definition) is 4. The number of thioether (sulfide) groups is 1. The number of carbonyl (C=O) groups is 2. The van der Waals surface area contributed by atoms with Crippen molar-refractivity contribution in [3.63, 3.8) is 0 Å². The SMILES string of the molecule is O=C(O)COc1cccc(SCC(=O)O)c1. The Morgan fingerprint density at radius 2 is 2.00 bits per heavy atom. The molecule has 0 unspecified atom stereocenters. The first kappa shape index (κ1) is 12.4. The van der Waals surface area contributed by atoms with Crippen LogP contribution in [0.5, 0.6) is 5.75 Å². The summed E-state index contributed by atoms with van der Waals surface area (Å²) in [4.78, 5) is 21.3. The molecule has 0 aliphatic carbocycles. The third-order valence-electron chi connectivity index (χ3n) is 1.53. The van der Waals surface area contributed by atoms with Crippen LogP contribution in [0.25, 0.3) is 0 Å². The highest BCUT2D eigenvalue weighted by molar-refractivity contribution is 8.00. The van der Waals surface area contributed by atoms with Crippen LogP contribution < -0.4 is 4.74 Å². The summed E-state index contributed by atoms with van der Waals surface area (Å²) in [5, 5.41) is 16.9. The second-order valence-electron chi connectivity index (χ2n) is 2.84. The molecule has 86 valence electrons. The molecule has 0 aliphatic rings. The van der Waals surface area contributed by atoms with Gasteiger partial charge in [-0.1, -0.05) is 6.07 Å². The predicted molar refractivity (Wildman–Crippen MR) is 57.9 cm³/mol.